The Bertz CT molecular complexity index is 3210. The summed E-state index contributed by atoms with van der Waals surface area (Å²) in [4.78, 5) is 2.27. The van der Waals surface area contributed by atoms with Gasteiger partial charge in [0.15, 0.2) is 0 Å². The van der Waals surface area contributed by atoms with Gasteiger partial charge in [-0.3, -0.25) is 0 Å². The quantitative estimate of drug-likeness (QED) is 0.176. The van der Waals surface area contributed by atoms with Gasteiger partial charge in [-0.2, -0.15) is 0 Å². The molecule has 0 aliphatic carbocycles. The van der Waals surface area contributed by atoms with Gasteiger partial charge in [0, 0.05) is 44.7 Å². The number of aromatic nitrogens is 1. The highest BCUT2D eigenvalue weighted by atomic mass is 16.3. The van der Waals surface area contributed by atoms with Gasteiger partial charge >= 0.3 is 0 Å². The van der Waals surface area contributed by atoms with Gasteiger partial charge < -0.3 is 13.9 Å². The lowest BCUT2D eigenvalue weighted by molar-refractivity contribution is 0.669. The maximum atomic E-state index is 6.15. The summed E-state index contributed by atoms with van der Waals surface area (Å²) in [7, 11) is 0. The Morgan fingerprint density at radius 1 is 0.421 bits per heavy atom. The lowest BCUT2D eigenvalue weighted by atomic mass is 9.92. The van der Waals surface area contributed by atoms with Gasteiger partial charge in [-0.05, 0) is 124 Å². The van der Waals surface area contributed by atoms with Crippen molar-refractivity contribution >= 4 is 66.3 Å². The van der Waals surface area contributed by atoms with Crippen LogP contribution in [0.25, 0.3) is 82.8 Å². The molecule has 8 aromatic carbocycles. The molecule has 10 aromatic rings. The number of hydrogen-bond donors (Lipinski definition) is 0. The number of furan rings is 1. The van der Waals surface area contributed by atoms with Crippen LogP contribution >= 0.6 is 0 Å². The molecule has 11 rings (SSSR count). The van der Waals surface area contributed by atoms with E-state index in [-0.39, 0.29) is 0 Å². The smallest absolute Gasteiger partial charge is 0.135 e. The molecule has 0 N–H and O–H groups in total. The maximum Gasteiger partial charge on any atom is 0.135 e. The minimum absolute atomic E-state index is 0.893. The molecule has 0 spiro atoms. The maximum absolute atomic E-state index is 6.15. The molecule has 0 amide bonds. The summed E-state index contributed by atoms with van der Waals surface area (Å²) in [6.07, 6.45) is 6.62. The van der Waals surface area contributed by atoms with Gasteiger partial charge in [0.1, 0.15) is 11.2 Å². The van der Waals surface area contributed by atoms with E-state index in [0.717, 1.165) is 83.5 Å². The summed E-state index contributed by atoms with van der Waals surface area (Å²) in [5.74, 6) is 0. The van der Waals surface area contributed by atoms with Crippen molar-refractivity contribution in [2.24, 2.45) is 0 Å². The summed E-state index contributed by atoms with van der Waals surface area (Å²) < 4.78 is 8.53. The first kappa shape index (κ1) is 32.8. The summed E-state index contributed by atoms with van der Waals surface area (Å²) in [5, 5.41) is 4.76. The van der Waals surface area contributed by atoms with Crippen LogP contribution in [-0.2, 0) is 0 Å². The van der Waals surface area contributed by atoms with Crippen molar-refractivity contribution in [2.75, 3.05) is 4.90 Å². The number of rotatable bonds is 5. The van der Waals surface area contributed by atoms with Gasteiger partial charge in [-0.25, -0.2) is 0 Å². The zero-order chi connectivity index (χ0) is 37.9. The van der Waals surface area contributed by atoms with E-state index in [0.29, 0.717) is 0 Å². The molecule has 268 valence electrons. The summed E-state index contributed by atoms with van der Waals surface area (Å²) in [6.45, 7) is 4.69. The van der Waals surface area contributed by atoms with Crippen molar-refractivity contribution in [1.29, 1.82) is 0 Å². The second-order valence-corrected chi connectivity index (χ2v) is 14.7. The van der Waals surface area contributed by atoms with Crippen LogP contribution in [0.5, 0.6) is 0 Å². The number of fused-ring (bicyclic) bond motifs is 7. The molecule has 3 nitrogen and oxygen atoms in total. The molecule has 57 heavy (non-hydrogen) atoms. The van der Waals surface area contributed by atoms with Crippen molar-refractivity contribution in [3.63, 3.8) is 0 Å². The normalized spacial score (nSPS) is 14.4. The van der Waals surface area contributed by atoms with Gasteiger partial charge in [-0.15, -0.1) is 0 Å². The van der Waals surface area contributed by atoms with Crippen LogP contribution < -0.4 is 4.90 Å². The van der Waals surface area contributed by atoms with Gasteiger partial charge in [0.05, 0.1) is 16.7 Å². The Kier molecular flexibility index (Phi) is 7.65. The highest BCUT2D eigenvalue weighted by molar-refractivity contribution is 6.09. The molecule has 0 radical (unpaired) electrons. The highest BCUT2D eigenvalue weighted by Gasteiger charge is 2.19. The Labute approximate surface area is 331 Å². The van der Waals surface area contributed by atoms with Gasteiger partial charge in [-0.1, -0.05) is 122 Å². The fourth-order valence-corrected chi connectivity index (χ4v) is 8.53. The Morgan fingerprint density at radius 2 is 1.02 bits per heavy atom. The van der Waals surface area contributed by atoms with E-state index in [2.05, 4.69) is 204 Å². The van der Waals surface area contributed by atoms with Crippen molar-refractivity contribution in [3.8, 4) is 27.9 Å². The molecule has 2 aromatic heterocycles. The summed E-state index contributed by atoms with van der Waals surface area (Å²) >= 11 is 0. The second-order valence-electron chi connectivity index (χ2n) is 14.7. The van der Waals surface area contributed by atoms with Crippen LogP contribution in [0, 0.1) is 0 Å². The molecule has 3 heterocycles. The van der Waals surface area contributed by atoms with E-state index in [4.69, 9.17) is 11.0 Å². The van der Waals surface area contributed by atoms with Crippen LogP contribution in [0.4, 0.5) is 11.4 Å². The molecule has 0 saturated heterocycles. The predicted molar refractivity (Wildman–Crippen MR) is 240 cm³/mol. The fourth-order valence-electron chi connectivity index (χ4n) is 8.53. The average Bonchev–Trinajstić information content (AvgIpc) is 3.81. The molecule has 1 aliphatic rings. The third-order valence-corrected chi connectivity index (χ3v) is 11.3. The molecule has 0 unspecified atom stereocenters. The molecule has 3 heteroatoms. The first-order valence-corrected chi connectivity index (χ1v) is 19.3. The summed E-state index contributed by atoms with van der Waals surface area (Å²) in [5.41, 5.74) is 16.3. The van der Waals surface area contributed by atoms with E-state index in [1.807, 2.05) is 12.1 Å². The van der Waals surface area contributed by atoms with Crippen LogP contribution in [0.1, 0.15) is 11.1 Å². The molecular formula is C54H36N2O. The predicted octanol–water partition coefficient (Wildman–Crippen LogP) is 14.8. The highest BCUT2D eigenvalue weighted by Crippen LogP contribution is 2.41. The standard InChI is InChI=1S/C54H36N2O/c1-36-31-42(38-14-11-13-37(32-38)39-15-12-18-44(33-39)56-51-22-8-5-19-45(51)46-20-6-9-23-52(46)56)29-30-55(43-16-3-2-4-17-43)50-27-25-40(34-48(36)50)41-26-28-54-49(35-41)47-21-7-10-24-53(47)57-54/h2-35H,1H2/b30-29-,42-31+. The van der Waals surface area contributed by atoms with Crippen molar-refractivity contribution in [3.05, 3.63) is 224 Å². The SMILES string of the molecule is C=C1/C=C(c2cccc(-c3cccc(-n4c5ccccc5c5ccccc54)c3)c2)\C=C/N(c2ccccc2)c2ccc(-c3ccc4oc5ccccc5c4c3)cc21. The van der Waals surface area contributed by atoms with E-state index >= 15 is 0 Å². The lowest BCUT2D eigenvalue weighted by Gasteiger charge is -2.26. The lowest BCUT2D eigenvalue weighted by Crippen LogP contribution is -2.12. The van der Waals surface area contributed by atoms with Crippen molar-refractivity contribution in [2.45, 2.75) is 0 Å². The topological polar surface area (TPSA) is 21.3 Å². The van der Waals surface area contributed by atoms with Crippen LogP contribution in [-0.4, -0.2) is 4.57 Å². The molecule has 0 fully saturated rings. The third kappa shape index (κ3) is 5.60. The Morgan fingerprint density at radius 3 is 1.82 bits per heavy atom. The Hall–Kier alpha value is -7.62. The fraction of sp³-hybridized carbons (Fsp3) is 0. The van der Waals surface area contributed by atoms with Crippen LogP contribution in [0.15, 0.2) is 217 Å². The van der Waals surface area contributed by atoms with E-state index < -0.39 is 0 Å². The monoisotopic (exact) mass is 728 g/mol. The number of allylic oxidation sites excluding steroid dienone is 4. The van der Waals surface area contributed by atoms with Crippen molar-refractivity contribution < 1.29 is 4.42 Å². The third-order valence-electron chi connectivity index (χ3n) is 11.3. The number of nitrogens with zero attached hydrogens (tertiary/aromatic N) is 2. The zero-order valence-electron chi connectivity index (χ0n) is 31.1. The number of para-hydroxylation sites is 4. The number of anilines is 2. The molecule has 0 bridgehead atoms. The summed E-state index contributed by atoms with van der Waals surface area (Å²) in [6, 6.07) is 67.0. The Balaban J connectivity index is 1.00. The minimum atomic E-state index is 0.893. The van der Waals surface area contributed by atoms with Crippen LogP contribution in [0.3, 0.4) is 0 Å². The molecule has 0 saturated carbocycles. The van der Waals surface area contributed by atoms with Crippen LogP contribution in [0.2, 0.25) is 0 Å². The molecular weight excluding hydrogens is 693 g/mol. The minimum Gasteiger partial charge on any atom is -0.456 e. The van der Waals surface area contributed by atoms with Gasteiger partial charge in [0.25, 0.3) is 0 Å². The van der Waals surface area contributed by atoms with E-state index in [1.165, 1.54) is 21.8 Å². The average molecular weight is 729 g/mol. The second kappa shape index (κ2) is 13.3. The zero-order valence-corrected chi connectivity index (χ0v) is 31.1. The number of hydrogen-bond acceptors (Lipinski definition) is 2. The molecule has 0 atom stereocenters. The van der Waals surface area contributed by atoms with E-state index in [1.54, 1.807) is 0 Å². The first-order valence-electron chi connectivity index (χ1n) is 19.3. The largest absolute Gasteiger partial charge is 0.456 e. The van der Waals surface area contributed by atoms with Crippen molar-refractivity contribution in [1.82, 2.24) is 4.57 Å². The molecule has 1 aliphatic heterocycles. The van der Waals surface area contributed by atoms with E-state index in [9.17, 15) is 0 Å². The first-order chi connectivity index (χ1) is 28.2. The number of benzene rings is 8. The van der Waals surface area contributed by atoms with Gasteiger partial charge in [0.2, 0.25) is 0 Å².